The van der Waals surface area contributed by atoms with Crippen molar-refractivity contribution in [3.8, 4) is 11.6 Å². The third kappa shape index (κ3) is 3.47. The molecule has 8 heteroatoms. The Morgan fingerprint density at radius 1 is 1.14 bits per heavy atom. The summed E-state index contributed by atoms with van der Waals surface area (Å²) in [6.45, 7) is 5.07. The van der Waals surface area contributed by atoms with Crippen LogP contribution in [-0.2, 0) is 19.3 Å². The van der Waals surface area contributed by atoms with Gasteiger partial charge in [-0.15, -0.1) is 10.2 Å². The highest BCUT2D eigenvalue weighted by Gasteiger charge is 2.18. The molecule has 4 aromatic rings. The Morgan fingerprint density at radius 3 is 2.71 bits per heavy atom. The topological polar surface area (TPSA) is 78.7 Å². The van der Waals surface area contributed by atoms with Crippen LogP contribution in [0.25, 0.3) is 22.5 Å². The van der Waals surface area contributed by atoms with Crippen molar-refractivity contribution >= 4 is 22.7 Å². The van der Waals surface area contributed by atoms with Crippen LogP contribution >= 0.6 is 11.8 Å². The van der Waals surface area contributed by atoms with Gasteiger partial charge in [0, 0.05) is 13.6 Å². The number of nitrogens with zero attached hydrogens (tertiary/aromatic N) is 5. The standard InChI is InChI=1S/C20H21N5O2S/c1-13(2)11-25-18(16-9-6-10-27-16)22-23-20(25)28-12-17-21-15-8-5-4-7-14(15)19(26)24(17)3/h4-10,13H,11-12H2,1-3H3. The largest absolute Gasteiger partial charge is 0.461 e. The van der Waals surface area contributed by atoms with Crippen LogP contribution < -0.4 is 5.56 Å². The lowest BCUT2D eigenvalue weighted by Gasteiger charge is -2.12. The van der Waals surface area contributed by atoms with Crippen molar-refractivity contribution in [2.75, 3.05) is 0 Å². The molecule has 0 atom stereocenters. The van der Waals surface area contributed by atoms with Crippen LogP contribution in [0.5, 0.6) is 0 Å². The Balaban J connectivity index is 1.66. The summed E-state index contributed by atoms with van der Waals surface area (Å²) in [5.41, 5.74) is 0.669. The van der Waals surface area contributed by atoms with Gasteiger partial charge in [0.2, 0.25) is 0 Å². The van der Waals surface area contributed by atoms with E-state index in [-0.39, 0.29) is 5.56 Å². The van der Waals surface area contributed by atoms with Crippen molar-refractivity contribution < 1.29 is 4.42 Å². The molecule has 0 aliphatic rings. The fourth-order valence-corrected chi connectivity index (χ4v) is 3.97. The molecule has 4 rings (SSSR count). The second-order valence-electron chi connectivity index (χ2n) is 6.99. The predicted octanol–water partition coefficient (Wildman–Crippen LogP) is 3.73. The predicted molar refractivity (Wildman–Crippen MR) is 109 cm³/mol. The monoisotopic (exact) mass is 395 g/mol. The summed E-state index contributed by atoms with van der Waals surface area (Å²) < 4.78 is 9.18. The lowest BCUT2D eigenvalue weighted by Crippen LogP contribution is -2.22. The number of rotatable bonds is 6. The summed E-state index contributed by atoms with van der Waals surface area (Å²) in [5.74, 6) is 3.04. The molecule has 144 valence electrons. The number of para-hydroxylation sites is 1. The molecule has 0 saturated heterocycles. The number of benzene rings is 1. The molecule has 1 aromatic carbocycles. The SMILES string of the molecule is CC(C)Cn1c(SCc2nc3ccccc3c(=O)n2C)nnc1-c1ccco1. The van der Waals surface area contributed by atoms with Crippen LogP contribution in [0.4, 0.5) is 0 Å². The van der Waals surface area contributed by atoms with Crippen LogP contribution in [-0.4, -0.2) is 24.3 Å². The van der Waals surface area contributed by atoms with E-state index < -0.39 is 0 Å². The molecule has 0 bridgehead atoms. The highest BCUT2D eigenvalue weighted by Crippen LogP contribution is 2.27. The first kappa shape index (κ1) is 18.5. The van der Waals surface area contributed by atoms with E-state index in [4.69, 9.17) is 4.42 Å². The first-order chi connectivity index (χ1) is 13.5. The van der Waals surface area contributed by atoms with E-state index >= 15 is 0 Å². The lowest BCUT2D eigenvalue weighted by molar-refractivity contribution is 0.489. The van der Waals surface area contributed by atoms with Crippen molar-refractivity contribution in [3.63, 3.8) is 0 Å². The van der Waals surface area contributed by atoms with Crippen LogP contribution in [0.2, 0.25) is 0 Å². The van der Waals surface area contributed by atoms with E-state index in [1.165, 1.54) is 11.8 Å². The Bertz CT molecular complexity index is 1160. The van der Waals surface area contributed by atoms with E-state index in [9.17, 15) is 4.79 Å². The molecule has 0 radical (unpaired) electrons. The second-order valence-corrected chi connectivity index (χ2v) is 7.93. The first-order valence-electron chi connectivity index (χ1n) is 9.09. The zero-order valence-electron chi connectivity index (χ0n) is 16.0. The Morgan fingerprint density at radius 2 is 1.96 bits per heavy atom. The van der Waals surface area contributed by atoms with E-state index in [0.29, 0.717) is 40.0 Å². The number of fused-ring (bicyclic) bond motifs is 1. The van der Waals surface area contributed by atoms with Gasteiger partial charge in [-0.25, -0.2) is 4.98 Å². The molecule has 28 heavy (non-hydrogen) atoms. The quantitative estimate of drug-likeness (QED) is 0.463. The van der Waals surface area contributed by atoms with Gasteiger partial charge >= 0.3 is 0 Å². The lowest BCUT2D eigenvalue weighted by atomic mass is 10.2. The zero-order valence-corrected chi connectivity index (χ0v) is 16.8. The fourth-order valence-electron chi connectivity index (χ4n) is 3.04. The Hall–Kier alpha value is -2.87. The summed E-state index contributed by atoms with van der Waals surface area (Å²) in [5, 5.41) is 10.1. The van der Waals surface area contributed by atoms with Crippen LogP contribution in [0.3, 0.4) is 0 Å². The molecule has 0 amide bonds. The van der Waals surface area contributed by atoms with E-state index in [1.54, 1.807) is 23.9 Å². The van der Waals surface area contributed by atoms with Crippen molar-refractivity contribution in [2.45, 2.75) is 31.3 Å². The maximum absolute atomic E-state index is 12.6. The van der Waals surface area contributed by atoms with Crippen molar-refractivity contribution in [3.05, 3.63) is 58.8 Å². The highest BCUT2D eigenvalue weighted by molar-refractivity contribution is 7.98. The number of furan rings is 1. The molecular formula is C20H21N5O2S. The van der Waals surface area contributed by atoms with Gasteiger partial charge in [0.15, 0.2) is 16.7 Å². The number of hydrogen-bond donors (Lipinski definition) is 0. The normalized spacial score (nSPS) is 11.6. The third-order valence-corrected chi connectivity index (χ3v) is 5.38. The maximum atomic E-state index is 12.6. The molecule has 0 N–H and O–H groups in total. The average Bonchev–Trinajstić information content (AvgIpc) is 3.33. The number of hydrogen-bond acceptors (Lipinski definition) is 6. The molecule has 0 aliphatic carbocycles. The minimum absolute atomic E-state index is 0.0406. The zero-order chi connectivity index (χ0) is 19.7. The van der Waals surface area contributed by atoms with Gasteiger partial charge in [0.25, 0.3) is 5.56 Å². The summed E-state index contributed by atoms with van der Waals surface area (Å²) in [4.78, 5) is 17.3. The fraction of sp³-hybridized carbons (Fsp3) is 0.300. The first-order valence-corrected chi connectivity index (χ1v) is 10.1. The number of thioether (sulfide) groups is 1. The average molecular weight is 395 g/mol. The molecular weight excluding hydrogens is 374 g/mol. The van der Waals surface area contributed by atoms with Gasteiger partial charge in [0.1, 0.15) is 5.82 Å². The summed E-state index contributed by atoms with van der Waals surface area (Å²) in [6.07, 6.45) is 1.63. The minimum Gasteiger partial charge on any atom is -0.461 e. The van der Waals surface area contributed by atoms with E-state index in [0.717, 1.165) is 11.7 Å². The highest BCUT2D eigenvalue weighted by atomic mass is 32.2. The van der Waals surface area contributed by atoms with Gasteiger partial charge in [-0.1, -0.05) is 37.7 Å². The van der Waals surface area contributed by atoms with Gasteiger partial charge in [-0.2, -0.15) is 0 Å². The van der Waals surface area contributed by atoms with E-state index in [2.05, 4.69) is 33.6 Å². The minimum atomic E-state index is -0.0406. The summed E-state index contributed by atoms with van der Waals surface area (Å²) in [6, 6.07) is 11.1. The smallest absolute Gasteiger partial charge is 0.261 e. The molecule has 0 fully saturated rings. The third-order valence-electron chi connectivity index (χ3n) is 4.41. The molecule has 0 saturated carbocycles. The molecule has 0 spiro atoms. The maximum Gasteiger partial charge on any atom is 0.261 e. The molecule has 3 heterocycles. The Labute approximate surface area is 166 Å². The summed E-state index contributed by atoms with van der Waals surface area (Å²) in [7, 11) is 1.75. The molecule has 7 nitrogen and oxygen atoms in total. The van der Waals surface area contributed by atoms with E-state index in [1.807, 2.05) is 30.3 Å². The second kappa shape index (κ2) is 7.63. The molecule has 0 aliphatic heterocycles. The molecule has 3 aromatic heterocycles. The number of aromatic nitrogens is 5. The summed E-state index contributed by atoms with van der Waals surface area (Å²) >= 11 is 1.52. The van der Waals surface area contributed by atoms with Crippen LogP contribution in [0.1, 0.15) is 19.7 Å². The van der Waals surface area contributed by atoms with Crippen molar-refractivity contribution in [2.24, 2.45) is 13.0 Å². The van der Waals surface area contributed by atoms with Gasteiger partial charge in [-0.3, -0.25) is 13.9 Å². The van der Waals surface area contributed by atoms with Gasteiger partial charge in [-0.05, 0) is 30.2 Å². The van der Waals surface area contributed by atoms with Crippen molar-refractivity contribution in [1.82, 2.24) is 24.3 Å². The molecule has 0 unspecified atom stereocenters. The van der Waals surface area contributed by atoms with Gasteiger partial charge in [0.05, 0.1) is 22.9 Å². The van der Waals surface area contributed by atoms with Crippen LogP contribution in [0, 0.1) is 5.92 Å². The van der Waals surface area contributed by atoms with Crippen LogP contribution in [0.15, 0.2) is 57.0 Å². The Kier molecular flexibility index (Phi) is 5.04. The van der Waals surface area contributed by atoms with Gasteiger partial charge < -0.3 is 4.42 Å². The van der Waals surface area contributed by atoms with Crippen molar-refractivity contribution in [1.29, 1.82) is 0 Å².